The maximum atomic E-state index is 11.9. The Hall–Kier alpha value is -12.0. The van der Waals surface area contributed by atoms with Crippen LogP contribution in [0.25, 0.3) is 101 Å². The van der Waals surface area contributed by atoms with Crippen molar-refractivity contribution in [3.8, 4) is 73.2 Å². The second-order valence-electron chi connectivity index (χ2n) is 25.2. The van der Waals surface area contributed by atoms with E-state index in [0.29, 0.717) is 64.5 Å². The Kier molecular flexibility index (Phi) is 23.5. The third kappa shape index (κ3) is 18.5. The number of pyridine rings is 3. The third-order valence-electron chi connectivity index (χ3n) is 17.5. The number of rotatable bonds is 19. The van der Waals surface area contributed by atoms with Gasteiger partial charge in [0, 0.05) is 148 Å². The molecule has 0 bridgehead atoms. The van der Waals surface area contributed by atoms with E-state index >= 15 is 0 Å². The van der Waals surface area contributed by atoms with Crippen molar-refractivity contribution in [2.75, 3.05) is 126 Å². The summed E-state index contributed by atoms with van der Waals surface area (Å²) in [4.78, 5) is 109. The van der Waals surface area contributed by atoms with E-state index in [1.807, 2.05) is 85.5 Å². The Morgan fingerprint density at radius 1 is 0.509 bits per heavy atom. The fourth-order valence-corrected chi connectivity index (χ4v) is 12.6. The number of anilines is 4. The standard InChI is InChI=1S/C26H29N7O3.C25H27N7O4.C24H26N8O2/c1-4-35-26(34)32-25-30-22-10-18(9-20(24(22)31-25)21-7-5-6-8-27-21)19-11-28-23(29-12-19)15-33-13-16(2)36-17(3)14-33;1-2-35-25(33)31-24-29-21-14-17(13-20(22(21)30-24)23-27-4-3-5-28-23)18-12-19(16-26-15-18)36-11-8-32-6-9-34-10-7-32;1-3-34-24(33)30-23-28-20-13-16(12-19(21(20)29-23)22-26-5-4-6-27-22)17-11-18(15-25-14-17)32-9-7-31(2)8-10-32/h5-12,16-17H,4,13-15H2,1-3H3,(H2,30,31,32,34);3-5,12-16H,2,6-11H2,1H3,(H2,29,30,31,33);4-6,11-15H,3,7-10H2,1-2H3,(H2,28,29,30,33)/t16-,17+;;. The number of ether oxygens (including phenoxy) is 6. The van der Waals surface area contributed by atoms with Crippen molar-refractivity contribution in [3.05, 3.63) is 153 Å². The molecule has 0 unspecified atom stereocenters. The first-order chi connectivity index (χ1) is 51.8. The van der Waals surface area contributed by atoms with Gasteiger partial charge in [0.1, 0.15) is 29.2 Å². The lowest BCUT2D eigenvalue weighted by Gasteiger charge is -2.34. The smallest absolute Gasteiger partial charge is 0.413 e. The van der Waals surface area contributed by atoms with E-state index in [0.717, 1.165) is 150 Å². The molecule has 9 aromatic heterocycles. The molecule has 0 spiro atoms. The van der Waals surface area contributed by atoms with Crippen LogP contribution >= 0.6 is 0 Å². The molecule has 3 aromatic carbocycles. The van der Waals surface area contributed by atoms with Crippen molar-refractivity contribution in [1.82, 2.24) is 89.5 Å². The van der Waals surface area contributed by atoms with E-state index in [2.05, 4.69) is 137 Å². The minimum Gasteiger partial charge on any atom is -0.491 e. The summed E-state index contributed by atoms with van der Waals surface area (Å²) in [6.07, 6.45) is 18.1. The molecule has 12 aromatic rings. The first-order valence-electron chi connectivity index (χ1n) is 35.1. The van der Waals surface area contributed by atoms with Crippen LogP contribution in [-0.4, -0.2) is 226 Å². The van der Waals surface area contributed by atoms with Gasteiger partial charge in [0.05, 0.1) is 97.6 Å². The largest absolute Gasteiger partial charge is 0.491 e. The molecule has 546 valence electrons. The maximum Gasteiger partial charge on any atom is 0.413 e. The fourth-order valence-electron chi connectivity index (χ4n) is 12.6. The van der Waals surface area contributed by atoms with E-state index < -0.39 is 18.3 Å². The van der Waals surface area contributed by atoms with Gasteiger partial charge in [0.2, 0.25) is 17.8 Å². The summed E-state index contributed by atoms with van der Waals surface area (Å²) < 4.78 is 32.1. The number of morpholine rings is 2. The molecule has 15 rings (SSSR count). The van der Waals surface area contributed by atoms with Gasteiger partial charge >= 0.3 is 18.3 Å². The lowest BCUT2D eigenvalue weighted by molar-refractivity contribution is -0.0710. The van der Waals surface area contributed by atoms with Gasteiger partial charge in [0.15, 0.2) is 11.6 Å². The van der Waals surface area contributed by atoms with Crippen LogP contribution in [0.1, 0.15) is 40.4 Å². The Bertz CT molecular complexity index is 4930. The van der Waals surface area contributed by atoms with Crippen LogP contribution in [0.5, 0.6) is 5.75 Å². The number of amides is 3. The molecule has 3 fully saturated rings. The average molecular weight is 1440 g/mol. The molecule has 12 heterocycles. The number of hydrogen-bond acceptors (Lipinski definition) is 25. The normalized spacial score (nSPS) is 15.6. The second-order valence-corrected chi connectivity index (χ2v) is 25.2. The molecule has 6 N–H and O–H groups in total. The fraction of sp³-hybridized carbons (Fsp3) is 0.320. The van der Waals surface area contributed by atoms with Crippen molar-refractivity contribution in [2.24, 2.45) is 0 Å². The third-order valence-corrected chi connectivity index (χ3v) is 17.5. The van der Waals surface area contributed by atoms with E-state index in [1.165, 1.54) is 0 Å². The number of likely N-dealkylation sites (N-methyl/N-ethyl adjacent to an activating group) is 1. The van der Waals surface area contributed by atoms with Crippen molar-refractivity contribution < 1.29 is 42.8 Å². The maximum absolute atomic E-state index is 11.9. The monoisotopic (exact) mass is 1430 g/mol. The second kappa shape index (κ2) is 34.5. The molecule has 31 nitrogen and oxygen atoms in total. The number of aromatic nitrogens is 15. The van der Waals surface area contributed by atoms with E-state index in [4.69, 9.17) is 28.4 Å². The minimum atomic E-state index is -0.583. The highest BCUT2D eigenvalue weighted by Crippen LogP contribution is 2.37. The number of imidazole rings is 3. The highest BCUT2D eigenvalue weighted by molar-refractivity contribution is 6.00. The first kappa shape index (κ1) is 72.3. The van der Waals surface area contributed by atoms with E-state index in [-0.39, 0.29) is 38.0 Å². The van der Waals surface area contributed by atoms with Crippen LogP contribution < -0.4 is 25.6 Å². The van der Waals surface area contributed by atoms with Crippen LogP contribution in [0.3, 0.4) is 0 Å². The van der Waals surface area contributed by atoms with Gasteiger partial charge in [-0.15, -0.1) is 0 Å². The quantitative estimate of drug-likeness (QED) is 0.0410. The summed E-state index contributed by atoms with van der Waals surface area (Å²) in [6, 6.07) is 25.3. The molecule has 31 heteroatoms. The lowest BCUT2D eigenvalue weighted by atomic mass is 10.0. The molecule has 106 heavy (non-hydrogen) atoms. The van der Waals surface area contributed by atoms with E-state index in [1.54, 1.807) is 76.3 Å². The van der Waals surface area contributed by atoms with Crippen LogP contribution in [-0.2, 0) is 30.2 Å². The summed E-state index contributed by atoms with van der Waals surface area (Å²) in [6.45, 7) is 21.4. The van der Waals surface area contributed by atoms with Crippen molar-refractivity contribution in [3.63, 3.8) is 0 Å². The van der Waals surface area contributed by atoms with Gasteiger partial charge < -0.3 is 53.2 Å². The Labute approximate surface area is 610 Å². The molecular weight excluding hydrogens is 1350 g/mol. The summed E-state index contributed by atoms with van der Waals surface area (Å²) in [5, 5.41) is 7.89. The van der Waals surface area contributed by atoms with Gasteiger partial charge in [-0.05, 0) is 131 Å². The zero-order valence-corrected chi connectivity index (χ0v) is 59.7. The molecule has 0 aliphatic carbocycles. The zero-order valence-electron chi connectivity index (χ0n) is 59.7. The van der Waals surface area contributed by atoms with Gasteiger partial charge in [0.25, 0.3) is 0 Å². The highest BCUT2D eigenvalue weighted by atomic mass is 16.6. The van der Waals surface area contributed by atoms with E-state index in [9.17, 15) is 14.4 Å². The highest BCUT2D eigenvalue weighted by Gasteiger charge is 2.25. The van der Waals surface area contributed by atoms with Gasteiger partial charge in [-0.1, -0.05) is 6.07 Å². The molecule has 0 radical (unpaired) electrons. The number of hydrogen-bond donors (Lipinski definition) is 6. The van der Waals surface area contributed by atoms with Crippen molar-refractivity contribution in [2.45, 2.75) is 53.4 Å². The number of carbonyl (C=O) groups is 3. The Morgan fingerprint density at radius 2 is 1.00 bits per heavy atom. The topological polar surface area (TPSA) is 358 Å². The number of benzene rings is 3. The predicted octanol–water partition coefficient (Wildman–Crippen LogP) is 11.0. The molecule has 3 amide bonds. The van der Waals surface area contributed by atoms with Crippen LogP contribution in [0.2, 0.25) is 0 Å². The predicted molar refractivity (Wildman–Crippen MR) is 401 cm³/mol. The first-order valence-corrected chi connectivity index (χ1v) is 35.1. The molecular formula is C75H82N22O9. The average Bonchev–Trinajstić information content (AvgIpc) is 1.59. The van der Waals surface area contributed by atoms with Crippen molar-refractivity contribution >= 4 is 74.9 Å². The van der Waals surface area contributed by atoms with Gasteiger partial charge in [-0.25, -0.2) is 59.2 Å². The van der Waals surface area contributed by atoms with Crippen LogP contribution in [0, 0.1) is 0 Å². The Morgan fingerprint density at radius 3 is 1.52 bits per heavy atom. The van der Waals surface area contributed by atoms with Gasteiger partial charge in [-0.3, -0.25) is 40.7 Å². The number of carbonyl (C=O) groups excluding carboxylic acids is 3. The van der Waals surface area contributed by atoms with Crippen LogP contribution in [0.15, 0.2) is 147 Å². The summed E-state index contributed by atoms with van der Waals surface area (Å²) in [7, 11) is 2.14. The molecule has 0 saturated carbocycles. The zero-order chi connectivity index (χ0) is 73.3. The SMILES string of the molecule is CCOC(=O)Nc1nc2c(-c3ccccn3)cc(-c3cnc(CN4C[C@@H](C)O[C@@H](C)C4)nc3)cc2[nH]1.CCOC(=O)Nc1nc2c(-c3ncccn3)cc(-c3cncc(N4CCN(C)CC4)c3)cc2[nH]1.CCOC(=O)Nc1nc2c(-c3ncccn3)cc(-c3cncc(OCCN4CCOCC4)c3)cc2[nH]1. The number of aromatic amines is 3. The Balaban J connectivity index is 0.000000141. The number of nitrogens with zero attached hydrogens (tertiary/aromatic N) is 16. The van der Waals surface area contributed by atoms with Gasteiger partial charge in [-0.2, -0.15) is 0 Å². The number of fused-ring (bicyclic) bond motifs is 3. The van der Waals surface area contributed by atoms with Crippen LogP contribution in [0.4, 0.5) is 37.9 Å². The molecule has 3 aliphatic rings. The summed E-state index contributed by atoms with van der Waals surface area (Å²) in [5.41, 5.74) is 13.8. The molecule has 3 aliphatic heterocycles. The molecule has 2 atom stereocenters. The minimum absolute atomic E-state index is 0.197. The molecule has 3 saturated heterocycles. The lowest BCUT2D eigenvalue weighted by Crippen LogP contribution is -2.45. The number of H-pyrrole nitrogens is 3. The number of nitrogens with one attached hydrogen (secondary N) is 6. The number of piperazine rings is 1. The van der Waals surface area contributed by atoms with Crippen molar-refractivity contribution in [1.29, 1.82) is 0 Å². The summed E-state index contributed by atoms with van der Waals surface area (Å²) in [5.74, 6) is 3.40. The summed E-state index contributed by atoms with van der Waals surface area (Å²) >= 11 is 0.